The fourth-order valence-corrected chi connectivity index (χ4v) is 3.07. The first-order valence-corrected chi connectivity index (χ1v) is 7.70. The molecule has 0 saturated carbocycles. The predicted molar refractivity (Wildman–Crippen MR) is 88.3 cm³/mol. The Morgan fingerprint density at radius 2 is 2.00 bits per heavy atom. The van der Waals surface area contributed by atoms with Crippen molar-refractivity contribution in [2.24, 2.45) is 5.41 Å². The number of hydrogen-bond donors (Lipinski definition) is 0. The van der Waals surface area contributed by atoms with Crippen LogP contribution in [0.25, 0.3) is 0 Å². The van der Waals surface area contributed by atoms with Gasteiger partial charge in [-0.3, -0.25) is 4.79 Å². The smallest absolute Gasteiger partial charge is 0.253 e. The molecule has 1 aliphatic carbocycles. The Hall–Kier alpha value is -0.840. The zero-order valence-electron chi connectivity index (χ0n) is 11.7. The molecule has 3 heteroatoms. The van der Waals surface area contributed by atoms with Crippen LogP contribution >= 0.6 is 22.6 Å². The third-order valence-corrected chi connectivity index (χ3v) is 4.68. The lowest BCUT2D eigenvalue weighted by Crippen LogP contribution is -2.30. The molecule has 0 unspecified atom stereocenters. The van der Waals surface area contributed by atoms with Gasteiger partial charge in [-0.15, -0.1) is 0 Å². The lowest BCUT2D eigenvalue weighted by Gasteiger charge is -2.30. The van der Waals surface area contributed by atoms with E-state index >= 15 is 0 Å². The number of amides is 1. The third kappa shape index (κ3) is 3.38. The molecule has 1 aromatic carbocycles. The van der Waals surface area contributed by atoms with E-state index in [4.69, 9.17) is 0 Å². The van der Waals surface area contributed by atoms with Crippen LogP contribution in [0.4, 0.5) is 5.69 Å². The van der Waals surface area contributed by atoms with Gasteiger partial charge in [0.05, 0.1) is 5.69 Å². The van der Waals surface area contributed by atoms with Gasteiger partial charge in [-0.25, -0.2) is 0 Å². The molecule has 0 bridgehead atoms. The fraction of sp³-hybridized carbons (Fsp3) is 0.438. The lowest BCUT2D eigenvalue weighted by atomic mass is 9.78. The molecule has 19 heavy (non-hydrogen) atoms. The molecule has 1 amide bonds. The summed E-state index contributed by atoms with van der Waals surface area (Å²) in [6.07, 6.45) is 5.09. The zero-order chi connectivity index (χ0) is 14.0. The van der Waals surface area contributed by atoms with E-state index in [2.05, 4.69) is 42.5 Å². The van der Waals surface area contributed by atoms with Gasteiger partial charge >= 0.3 is 0 Å². The van der Waals surface area contributed by atoms with Crippen LogP contribution in [0.15, 0.2) is 35.9 Å². The molecule has 2 rings (SSSR count). The molecule has 102 valence electrons. The van der Waals surface area contributed by atoms with Gasteiger partial charge in [0.1, 0.15) is 0 Å². The van der Waals surface area contributed by atoms with Crippen molar-refractivity contribution in [3.63, 3.8) is 0 Å². The van der Waals surface area contributed by atoms with E-state index in [9.17, 15) is 4.79 Å². The second-order valence-electron chi connectivity index (χ2n) is 5.91. The number of hydrogen-bond acceptors (Lipinski definition) is 1. The van der Waals surface area contributed by atoms with E-state index in [1.807, 2.05) is 31.3 Å². The first kappa shape index (κ1) is 14.6. The van der Waals surface area contributed by atoms with Crippen LogP contribution in [0.2, 0.25) is 0 Å². The van der Waals surface area contributed by atoms with E-state index in [0.29, 0.717) is 5.41 Å². The molecule has 0 atom stereocenters. The molecule has 0 heterocycles. The number of rotatable bonds is 2. The molecule has 0 radical (unpaired) electrons. The van der Waals surface area contributed by atoms with Gasteiger partial charge in [0.25, 0.3) is 5.91 Å². The van der Waals surface area contributed by atoms with Crippen LogP contribution < -0.4 is 4.90 Å². The van der Waals surface area contributed by atoms with E-state index in [1.165, 1.54) is 0 Å². The quantitative estimate of drug-likeness (QED) is 0.708. The number of nitrogens with zero attached hydrogens (tertiary/aromatic N) is 1. The average Bonchev–Trinajstić information content (AvgIpc) is 2.38. The lowest BCUT2D eigenvalue weighted by molar-refractivity contribution is -0.115. The summed E-state index contributed by atoms with van der Waals surface area (Å²) in [7, 11) is 1.86. The summed E-state index contributed by atoms with van der Waals surface area (Å²) in [4.78, 5) is 14.3. The fourth-order valence-electron chi connectivity index (χ4n) is 2.32. The van der Waals surface area contributed by atoms with Crippen molar-refractivity contribution in [3.8, 4) is 0 Å². The van der Waals surface area contributed by atoms with E-state index in [1.54, 1.807) is 4.90 Å². The van der Waals surface area contributed by atoms with Gasteiger partial charge in [0.2, 0.25) is 0 Å². The Kier molecular flexibility index (Phi) is 4.33. The van der Waals surface area contributed by atoms with Crippen molar-refractivity contribution in [2.75, 3.05) is 11.9 Å². The van der Waals surface area contributed by atoms with Crippen LogP contribution in [-0.4, -0.2) is 13.0 Å². The third-order valence-electron chi connectivity index (χ3n) is 3.77. The second kappa shape index (κ2) is 5.65. The largest absolute Gasteiger partial charge is 0.311 e. The summed E-state index contributed by atoms with van der Waals surface area (Å²) in [6, 6.07) is 7.98. The number of anilines is 1. The highest BCUT2D eigenvalue weighted by molar-refractivity contribution is 14.1. The van der Waals surface area contributed by atoms with Crippen LogP contribution in [0.5, 0.6) is 0 Å². The van der Waals surface area contributed by atoms with Gasteiger partial charge in [0, 0.05) is 16.2 Å². The minimum atomic E-state index is 0.139. The van der Waals surface area contributed by atoms with Crippen molar-refractivity contribution in [3.05, 3.63) is 39.5 Å². The molecule has 1 aliphatic rings. The molecule has 0 aromatic heterocycles. The Morgan fingerprint density at radius 1 is 1.32 bits per heavy atom. The summed E-state index contributed by atoms with van der Waals surface area (Å²) in [5.74, 6) is 0.139. The van der Waals surface area contributed by atoms with Crippen LogP contribution in [0, 0.1) is 8.99 Å². The van der Waals surface area contributed by atoms with Gasteiger partial charge in [-0.1, -0.05) is 32.1 Å². The number of benzene rings is 1. The highest BCUT2D eigenvalue weighted by Crippen LogP contribution is 2.35. The molecule has 0 spiro atoms. The zero-order valence-corrected chi connectivity index (χ0v) is 13.9. The highest BCUT2D eigenvalue weighted by atomic mass is 127. The predicted octanol–water partition coefficient (Wildman–Crippen LogP) is 4.39. The highest BCUT2D eigenvalue weighted by Gasteiger charge is 2.26. The Labute approximate surface area is 129 Å². The molecule has 2 nitrogen and oxygen atoms in total. The standard InChI is InChI=1S/C16H20INO/c1-16(2)10-8-12(9-11-16)15(19)18(3)14-7-5-4-6-13(14)17/h4-8H,9-11H2,1-3H3. The number of carbonyl (C=O) groups excluding carboxylic acids is 1. The number of likely N-dealkylation sites (N-methyl/N-ethyl adjacent to an activating group) is 1. The molecule has 0 saturated heterocycles. The van der Waals surface area contributed by atoms with Gasteiger partial charge in [-0.05, 0) is 59.4 Å². The van der Waals surface area contributed by atoms with Crippen molar-refractivity contribution < 1.29 is 4.79 Å². The van der Waals surface area contributed by atoms with Crippen molar-refractivity contribution in [1.29, 1.82) is 0 Å². The van der Waals surface area contributed by atoms with E-state index in [0.717, 1.165) is 34.1 Å². The van der Waals surface area contributed by atoms with E-state index < -0.39 is 0 Å². The number of allylic oxidation sites excluding steroid dienone is 1. The summed E-state index contributed by atoms with van der Waals surface area (Å²) in [5, 5.41) is 0. The average molecular weight is 369 g/mol. The number of para-hydroxylation sites is 1. The first-order chi connectivity index (χ1) is 8.91. The maximum atomic E-state index is 12.5. The minimum absolute atomic E-state index is 0.139. The Morgan fingerprint density at radius 3 is 2.58 bits per heavy atom. The van der Waals surface area contributed by atoms with Crippen LogP contribution in [0.3, 0.4) is 0 Å². The minimum Gasteiger partial charge on any atom is -0.311 e. The monoisotopic (exact) mass is 369 g/mol. The van der Waals surface area contributed by atoms with Crippen LogP contribution in [-0.2, 0) is 4.79 Å². The molecular weight excluding hydrogens is 349 g/mol. The van der Waals surface area contributed by atoms with Crippen LogP contribution in [0.1, 0.15) is 33.1 Å². The van der Waals surface area contributed by atoms with E-state index in [-0.39, 0.29) is 5.91 Å². The molecule has 0 N–H and O–H groups in total. The second-order valence-corrected chi connectivity index (χ2v) is 7.08. The topological polar surface area (TPSA) is 20.3 Å². The Balaban J connectivity index is 2.17. The number of halogens is 1. The number of carbonyl (C=O) groups is 1. The van der Waals surface area contributed by atoms with Gasteiger partial charge < -0.3 is 4.90 Å². The van der Waals surface area contributed by atoms with Crippen molar-refractivity contribution in [2.45, 2.75) is 33.1 Å². The molecule has 0 fully saturated rings. The maximum absolute atomic E-state index is 12.5. The van der Waals surface area contributed by atoms with Crippen molar-refractivity contribution >= 4 is 34.2 Å². The molecule has 1 aromatic rings. The summed E-state index contributed by atoms with van der Waals surface area (Å²) >= 11 is 2.27. The Bertz CT molecular complexity index is 519. The molecule has 0 aliphatic heterocycles. The molecular formula is C16H20INO. The SMILES string of the molecule is CN(C(=O)C1=CCC(C)(C)CC1)c1ccccc1I. The maximum Gasteiger partial charge on any atom is 0.253 e. The summed E-state index contributed by atoms with van der Waals surface area (Å²) in [5.41, 5.74) is 2.28. The van der Waals surface area contributed by atoms with Crippen molar-refractivity contribution in [1.82, 2.24) is 0 Å². The summed E-state index contributed by atoms with van der Waals surface area (Å²) < 4.78 is 1.10. The van der Waals surface area contributed by atoms with Gasteiger partial charge in [-0.2, -0.15) is 0 Å². The summed E-state index contributed by atoms with van der Waals surface area (Å²) in [6.45, 7) is 4.52. The first-order valence-electron chi connectivity index (χ1n) is 6.62. The normalized spacial score (nSPS) is 17.8. The van der Waals surface area contributed by atoms with Gasteiger partial charge in [0.15, 0.2) is 0 Å².